The van der Waals surface area contributed by atoms with E-state index in [2.05, 4.69) is 66.2 Å². The molecule has 0 amide bonds. The minimum atomic E-state index is 0.360. The molecule has 1 nitrogen and oxygen atoms in total. The summed E-state index contributed by atoms with van der Waals surface area (Å²) < 4.78 is 7.35. The van der Waals surface area contributed by atoms with E-state index in [0.29, 0.717) is 6.10 Å². The highest BCUT2D eigenvalue weighted by atomic mass is 79.9. The number of fused-ring (bicyclic) bond motifs is 1. The molecule has 2 aromatic carbocycles. The van der Waals surface area contributed by atoms with Crippen molar-refractivity contribution in [1.29, 1.82) is 0 Å². The van der Waals surface area contributed by atoms with E-state index in [-0.39, 0.29) is 0 Å². The van der Waals surface area contributed by atoms with Gasteiger partial charge in [-0.15, -0.1) is 0 Å². The van der Waals surface area contributed by atoms with Gasteiger partial charge in [-0.1, -0.05) is 44.2 Å². The van der Waals surface area contributed by atoms with Crippen LogP contribution in [0.2, 0.25) is 0 Å². The van der Waals surface area contributed by atoms with Crippen molar-refractivity contribution in [2.24, 2.45) is 11.8 Å². The first-order valence-corrected chi connectivity index (χ1v) is 8.28. The molecule has 2 aromatic rings. The van der Waals surface area contributed by atoms with E-state index in [1.54, 1.807) is 0 Å². The van der Waals surface area contributed by atoms with Crippen LogP contribution in [0.25, 0.3) is 10.8 Å². The van der Waals surface area contributed by atoms with Crippen molar-refractivity contribution in [3.8, 4) is 5.75 Å². The molecule has 3 unspecified atom stereocenters. The van der Waals surface area contributed by atoms with Gasteiger partial charge in [0.15, 0.2) is 0 Å². The van der Waals surface area contributed by atoms with Crippen LogP contribution in [0.5, 0.6) is 5.75 Å². The van der Waals surface area contributed by atoms with Crippen LogP contribution in [-0.2, 0) is 0 Å². The molecule has 20 heavy (non-hydrogen) atoms. The largest absolute Gasteiger partial charge is 0.489 e. The second kappa shape index (κ2) is 5.77. The molecule has 0 spiro atoms. The van der Waals surface area contributed by atoms with E-state index in [9.17, 15) is 0 Å². The van der Waals surface area contributed by atoms with E-state index in [4.69, 9.17) is 4.74 Å². The average molecular weight is 333 g/mol. The van der Waals surface area contributed by atoms with Gasteiger partial charge in [-0.25, -0.2) is 0 Å². The number of rotatable bonds is 2. The molecule has 106 valence electrons. The maximum absolute atomic E-state index is 6.27. The van der Waals surface area contributed by atoms with Crippen molar-refractivity contribution in [3.05, 3.63) is 40.9 Å². The van der Waals surface area contributed by atoms with Crippen LogP contribution in [0.1, 0.15) is 33.1 Å². The standard InChI is InChI=1S/C18H21BrO/c1-12-7-9-15(11-13(12)2)20-17-10-8-14-5-3-4-6-16(14)18(17)19/h3-6,8,10,12-13,15H,7,9,11H2,1-2H3. The first kappa shape index (κ1) is 13.9. The van der Waals surface area contributed by atoms with E-state index in [1.165, 1.54) is 30.0 Å². The number of hydrogen-bond donors (Lipinski definition) is 0. The summed E-state index contributed by atoms with van der Waals surface area (Å²) in [5.74, 6) is 2.57. The van der Waals surface area contributed by atoms with Crippen molar-refractivity contribution in [2.45, 2.75) is 39.2 Å². The molecule has 3 rings (SSSR count). The Morgan fingerprint density at radius 2 is 1.80 bits per heavy atom. The van der Waals surface area contributed by atoms with E-state index >= 15 is 0 Å². The van der Waals surface area contributed by atoms with Gasteiger partial charge in [0.1, 0.15) is 5.75 Å². The van der Waals surface area contributed by atoms with Crippen LogP contribution in [0.3, 0.4) is 0 Å². The minimum absolute atomic E-state index is 0.360. The lowest BCUT2D eigenvalue weighted by Crippen LogP contribution is -2.28. The summed E-state index contributed by atoms with van der Waals surface area (Å²) in [5, 5.41) is 2.47. The highest BCUT2D eigenvalue weighted by Crippen LogP contribution is 2.37. The topological polar surface area (TPSA) is 9.23 Å². The monoisotopic (exact) mass is 332 g/mol. The SMILES string of the molecule is CC1CCC(Oc2ccc3ccccc3c2Br)CC1C. The summed E-state index contributed by atoms with van der Waals surface area (Å²) in [4.78, 5) is 0. The molecule has 1 saturated carbocycles. The van der Waals surface area contributed by atoms with Gasteiger partial charge in [-0.05, 0) is 63.9 Å². The minimum Gasteiger partial charge on any atom is -0.489 e. The maximum Gasteiger partial charge on any atom is 0.134 e. The lowest BCUT2D eigenvalue weighted by molar-refractivity contribution is 0.100. The van der Waals surface area contributed by atoms with Gasteiger partial charge in [-0.2, -0.15) is 0 Å². The third kappa shape index (κ3) is 2.71. The fraction of sp³-hybridized carbons (Fsp3) is 0.444. The summed E-state index contributed by atoms with van der Waals surface area (Å²) in [6.07, 6.45) is 3.97. The van der Waals surface area contributed by atoms with Crippen molar-refractivity contribution in [3.63, 3.8) is 0 Å². The number of benzene rings is 2. The van der Waals surface area contributed by atoms with Crippen LogP contribution in [0, 0.1) is 11.8 Å². The molecular formula is C18H21BrO. The summed E-state index contributed by atoms with van der Waals surface area (Å²) in [6.45, 7) is 4.70. The molecule has 0 heterocycles. The molecule has 1 aliphatic carbocycles. The third-order valence-corrected chi connectivity index (χ3v) is 5.49. The fourth-order valence-electron chi connectivity index (χ4n) is 3.09. The van der Waals surface area contributed by atoms with E-state index in [0.717, 1.165) is 22.1 Å². The van der Waals surface area contributed by atoms with Gasteiger partial charge in [-0.3, -0.25) is 0 Å². The smallest absolute Gasteiger partial charge is 0.134 e. The second-order valence-corrected chi connectivity index (χ2v) is 6.90. The van der Waals surface area contributed by atoms with Crippen molar-refractivity contribution in [1.82, 2.24) is 0 Å². The number of halogens is 1. The third-order valence-electron chi connectivity index (χ3n) is 4.67. The molecule has 0 radical (unpaired) electrons. The Kier molecular flexibility index (Phi) is 4.02. The van der Waals surface area contributed by atoms with Crippen LogP contribution >= 0.6 is 15.9 Å². The van der Waals surface area contributed by atoms with Crippen LogP contribution in [0.15, 0.2) is 40.9 Å². The Balaban J connectivity index is 1.83. The normalized spacial score (nSPS) is 26.6. The average Bonchev–Trinajstić information content (AvgIpc) is 2.46. The van der Waals surface area contributed by atoms with E-state index < -0.39 is 0 Å². The Hall–Kier alpha value is -1.02. The van der Waals surface area contributed by atoms with Gasteiger partial charge >= 0.3 is 0 Å². The van der Waals surface area contributed by atoms with Gasteiger partial charge in [0, 0.05) is 0 Å². The van der Waals surface area contributed by atoms with Crippen LogP contribution in [-0.4, -0.2) is 6.10 Å². The van der Waals surface area contributed by atoms with Gasteiger partial charge in [0.25, 0.3) is 0 Å². The van der Waals surface area contributed by atoms with Crippen molar-refractivity contribution >= 4 is 26.7 Å². The molecule has 1 fully saturated rings. The van der Waals surface area contributed by atoms with Crippen LogP contribution < -0.4 is 4.74 Å². The zero-order valence-electron chi connectivity index (χ0n) is 12.1. The van der Waals surface area contributed by atoms with Gasteiger partial charge < -0.3 is 4.74 Å². The number of hydrogen-bond acceptors (Lipinski definition) is 1. The second-order valence-electron chi connectivity index (χ2n) is 6.11. The zero-order chi connectivity index (χ0) is 14.1. The first-order valence-electron chi connectivity index (χ1n) is 7.49. The van der Waals surface area contributed by atoms with Crippen molar-refractivity contribution < 1.29 is 4.74 Å². The Morgan fingerprint density at radius 1 is 1.00 bits per heavy atom. The molecule has 0 N–H and O–H groups in total. The Labute approximate surface area is 129 Å². The predicted octanol–water partition coefficient (Wildman–Crippen LogP) is 5.81. The Bertz CT molecular complexity index is 607. The molecule has 0 aliphatic heterocycles. The molecule has 1 aliphatic rings. The van der Waals surface area contributed by atoms with Crippen LogP contribution in [0.4, 0.5) is 0 Å². The summed E-state index contributed by atoms with van der Waals surface area (Å²) >= 11 is 3.71. The lowest BCUT2D eigenvalue weighted by atomic mass is 9.80. The highest BCUT2D eigenvalue weighted by molar-refractivity contribution is 9.10. The molecular weight excluding hydrogens is 312 g/mol. The predicted molar refractivity (Wildman–Crippen MR) is 88.2 cm³/mol. The molecule has 3 atom stereocenters. The summed E-state index contributed by atoms with van der Waals surface area (Å²) in [5.41, 5.74) is 0. The molecule has 0 aromatic heterocycles. The number of ether oxygens (including phenoxy) is 1. The summed E-state index contributed by atoms with van der Waals surface area (Å²) in [7, 11) is 0. The molecule has 0 saturated heterocycles. The first-order chi connectivity index (χ1) is 9.65. The highest BCUT2D eigenvalue weighted by Gasteiger charge is 2.26. The maximum atomic E-state index is 6.27. The fourth-order valence-corrected chi connectivity index (χ4v) is 3.68. The molecule has 0 bridgehead atoms. The quantitative estimate of drug-likeness (QED) is 0.674. The Morgan fingerprint density at radius 3 is 2.60 bits per heavy atom. The lowest BCUT2D eigenvalue weighted by Gasteiger charge is -2.32. The van der Waals surface area contributed by atoms with Gasteiger partial charge in [0.2, 0.25) is 0 Å². The molecule has 2 heteroatoms. The van der Waals surface area contributed by atoms with Crippen molar-refractivity contribution in [2.75, 3.05) is 0 Å². The zero-order valence-corrected chi connectivity index (χ0v) is 13.7. The summed E-state index contributed by atoms with van der Waals surface area (Å²) in [6, 6.07) is 12.6. The van der Waals surface area contributed by atoms with E-state index in [1.807, 2.05) is 0 Å². The van der Waals surface area contributed by atoms with Gasteiger partial charge in [0.05, 0.1) is 10.6 Å².